The lowest BCUT2D eigenvalue weighted by molar-refractivity contribution is -0.0723. The Balaban J connectivity index is 1.98. The van der Waals surface area contributed by atoms with E-state index < -0.39 is 5.97 Å². The van der Waals surface area contributed by atoms with Gasteiger partial charge >= 0.3 is 5.97 Å². The van der Waals surface area contributed by atoms with E-state index in [1.165, 1.54) is 22.2 Å². The molecule has 2 N–H and O–H groups in total. The smallest absolute Gasteiger partial charge is 0.335 e. The summed E-state index contributed by atoms with van der Waals surface area (Å²) in [6.45, 7) is 9.61. The maximum Gasteiger partial charge on any atom is 0.335 e. The number of aromatic nitrogens is 1. The second-order valence-corrected chi connectivity index (χ2v) is 8.70. The highest BCUT2D eigenvalue weighted by Crippen LogP contribution is 2.44. The molecule has 0 aliphatic carbocycles. The van der Waals surface area contributed by atoms with Crippen LogP contribution in [-0.4, -0.2) is 22.7 Å². The second kappa shape index (κ2) is 7.92. The summed E-state index contributed by atoms with van der Waals surface area (Å²) in [6, 6.07) is 11.8. The van der Waals surface area contributed by atoms with Gasteiger partial charge in [-0.2, -0.15) is 0 Å². The molecule has 2 aromatic carbocycles. The van der Waals surface area contributed by atoms with Crippen molar-refractivity contribution < 1.29 is 14.6 Å². The summed E-state index contributed by atoms with van der Waals surface area (Å²) in [4.78, 5) is 15.1. The van der Waals surface area contributed by atoms with Gasteiger partial charge in [-0.3, -0.25) is 0 Å². The Hall–Kier alpha value is -2.59. The van der Waals surface area contributed by atoms with Crippen molar-refractivity contribution >= 4 is 16.9 Å². The molecule has 0 bridgehead atoms. The Kier molecular flexibility index (Phi) is 5.46. The highest BCUT2D eigenvalue weighted by Gasteiger charge is 2.38. The zero-order chi connectivity index (χ0) is 21.5. The number of nitrogens with one attached hydrogen (secondary N) is 1. The molecule has 1 aliphatic rings. The van der Waals surface area contributed by atoms with Gasteiger partial charge in [0, 0.05) is 10.9 Å². The SMILES string of the molecule is CCCC1(CC)OCCc2c1[nH]c1c(-c3ccc(C(=O)O)cc3)cc(C(C)C)cc21. The van der Waals surface area contributed by atoms with Crippen molar-refractivity contribution in [1.29, 1.82) is 0 Å². The van der Waals surface area contributed by atoms with Gasteiger partial charge in [0.2, 0.25) is 0 Å². The Bertz CT molecular complexity index is 1080. The largest absolute Gasteiger partial charge is 0.478 e. The maximum absolute atomic E-state index is 11.3. The molecule has 0 saturated heterocycles. The predicted molar refractivity (Wildman–Crippen MR) is 121 cm³/mol. The lowest BCUT2D eigenvalue weighted by Gasteiger charge is -2.36. The summed E-state index contributed by atoms with van der Waals surface area (Å²) in [5.74, 6) is -0.495. The van der Waals surface area contributed by atoms with E-state index in [0.717, 1.165) is 48.9 Å². The van der Waals surface area contributed by atoms with Crippen molar-refractivity contribution in [1.82, 2.24) is 4.98 Å². The maximum atomic E-state index is 11.3. The quantitative estimate of drug-likeness (QED) is 0.483. The molecule has 0 radical (unpaired) electrons. The lowest BCUT2D eigenvalue weighted by atomic mass is 9.85. The van der Waals surface area contributed by atoms with Crippen LogP contribution in [0.4, 0.5) is 0 Å². The van der Waals surface area contributed by atoms with Gasteiger partial charge < -0.3 is 14.8 Å². The molecule has 0 saturated carbocycles. The van der Waals surface area contributed by atoms with Crippen LogP contribution >= 0.6 is 0 Å². The van der Waals surface area contributed by atoms with Crippen molar-refractivity contribution in [3.05, 3.63) is 58.8 Å². The second-order valence-electron chi connectivity index (χ2n) is 8.70. The average Bonchev–Trinajstić information content (AvgIpc) is 3.13. The molecule has 1 unspecified atom stereocenters. The van der Waals surface area contributed by atoms with Crippen LogP contribution in [-0.2, 0) is 16.8 Å². The van der Waals surface area contributed by atoms with Gasteiger partial charge in [-0.05, 0) is 66.1 Å². The van der Waals surface area contributed by atoms with E-state index in [9.17, 15) is 9.90 Å². The third-order valence-electron chi connectivity index (χ3n) is 6.56. The third-order valence-corrected chi connectivity index (χ3v) is 6.56. The normalized spacial score (nSPS) is 18.7. The van der Waals surface area contributed by atoms with Crippen LogP contribution < -0.4 is 0 Å². The van der Waals surface area contributed by atoms with E-state index in [1.807, 2.05) is 12.1 Å². The van der Waals surface area contributed by atoms with Gasteiger partial charge in [-0.1, -0.05) is 46.2 Å². The van der Waals surface area contributed by atoms with Crippen molar-refractivity contribution in [2.24, 2.45) is 0 Å². The first-order valence-electron chi connectivity index (χ1n) is 11.1. The van der Waals surface area contributed by atoms with Crippen LogP contribution in [0.3, 0.4) is 0 Å². The fourth-order valence-electron chi connectivity index (χ4n) is 4.85. The van der Waals surface area contributed by atoms with Crippen LogP contribution in [0.1, 0.15) is 80.1 Å². The number of carboxylic acids is 1. The number of carbonyl (C=O) groups is 1. The van der Waals surface area contributed by atoms with E-state index >= 15 is 0 Å². The number of carboxylic acid groups (broad SMARTS) is 1. The molecule has 0 amide bonds. The number of aromatic carboxylic acids is 1. The van der Waals surface area contributed by atoms with Gasteiger partial charge in [0.1, 0.15) is 5.60 Å². The third kappa shape index (κ3) is 3.33. The first kappa shape index (κ1) is 20.7. The Morgan fingerprint density at radius 1 is 1.20 bits per heavy atom. The van der Waals surface area contributed by atoms with Crippen molar-refractivity contribution in [3.63, 3.8) is 0 Å². The Morgan fingerprint density at radius 2 is 1.93 bits per heavy atom. The standard InChI is InChI=1S/C26H31NO3/c1-5-12-26(6-2)24-20(11-13-30-26)22-15-19(16(3)4)14-21(23(22)27-24)17-7-9-18(10-8-17)25(28)29/h7-10,14-16,27H,5-6,11-13H2,1-4H3,(H,28,29). The fourth-order valence-corrected chi connectivity index (χ4v) is 4.85. The number of hydrogen-bond donors (Lipinski definition) is 2. The van der Waals surface area contributed by atoms with E-state index in [0.29, 0.717) is 11.5 Å². The minimum Gasteiger partial charge on any atom is -0.478 e. The number of aromatic amines is 1. The van der Waals surface area contributed by atoms with Gasteiger partial charge in [0.05, 0.1) is 23.4 Å². The van der Waals surface area contributed by atoms with E-state index in [4.69, 9.17) is 4.74 Å². The fraction of sp³-hybridized carbons (Fsp3) is 0.423. The number of hydrogen-bond acceptors (Lipinski definition) is 2. The molecule has 4 rings (SSSR count). The van der Waals surface area contributed by atoms with E-state index in [2.05, 4.69) is 44.8 Å². The molecule has 4 heteroatoms. The Morgan fingerprint density at radius 3 is 2.53 bits per heavy atom. The molecule has 30 heavy (non-hydrogen) atoms. The molecular weight excluding hydrogens is 374 g/mol. The summed E-state index contributed by atoms with van der Waals surface area (Å²) in [7, 11) is 0. The topological polar surface area (TPSA) is 62.3 Å². The van der Waals surface area contributed by atoms with Crippen LogP contribution in [0.2, 0.25) is 0 Å². The highest BCUT2D eigenvalue weighted by atomic mass is 16.5. The molecule has 0 fully saturated rings. The molecule has 1 atom stereocenters. The number of ether oxygens (including phenoxy) is 1. The first-order valence-corrected chi connectivity index (χ1v) is 11.1. The molecule has 1 aromatic heterocycles. The summed E-state index contributed by atoms with van der Waals surface area (Å²) in [6.07, 6.45) is 3.94. The Labute approximate surface area is 178 Å². The zero-order valence-electron chi connectivity index (χ0n) is 18.3. The lowest BCUT2D eigenvalue weighted by Crippen LogP contribution is -2.35. The van der Waals surface area contributed by atoms with Gasteiger partial charge in [0.15, 0.2) is 0 Å². The highest BCUT2D eigenvalue weighted by molar-refractivity contribution is 5.98. The number of H-pyrrole nitrogens is 1. The van der Waals surface area contributed by atoms with Crippen molar-refractivity contribution in [2.45, 2.75) is 64.9 Å². The average molecular weight is 406 g/mol. The van der Waals surface area contributed by atoms with Crippen molar-refractivity contribution in [3.8, 4) is 11.1 Å². The number of rotatable bonds is 6. The minimum absolute atomic E-state index is 0.246. The molecule has 3 aromatic rings. The van der Waals surface area contributed by atoms with Crippen LogP contribution in [0.25, 0.3) is 22.0 Å². The molecule has 4 nitrogen and oxygen atoms in total. The van der Waals surface area contributed by atoms with Crippen LogP contribution in [0, 0.1) is 0 Å². The van der Waals surface area contributed by atoms with Crippen molar-refractivity contribution in [2.75, 3.05) is 6.61 Å². The van der Waals surface area contributed by atoms with E-state index in [1.54, 1.807) is 12.1 Å². The molecule has 2 heterocycles. The van der Waals surface area contributed by atoms with Gasteiger partial charge in [0.25, 0.3) is 0 Å². The van der Waals surface area contributed by atoms with Crippen LogP contribution in [0.5, 0.6) is 0 Å². The van der Waals surface area contributed by atoms with Gasteiger partial charge in [-0.25, -0.2) is 4.79 Å². The molecule has 1 aliphatic heterocycles. The minimum atomic E-state index is -0.901. The number of fused-ring (bicyclic) bond motifs is 3. The summed E-state index contributed by atoms with van der Waals surface area (Å²) >= 11 is 0. The molecule has 158 valence electrons. The first-order chi connectivity index (χ1) is 14.4. The van der Waals surface area contributed by atoms with Crippen LogP contribution in [0.15, 0.2) is 36.4 Å². The number of benzene rings is 2. The van der Waals surface area contributed by atoms with Gasteiger partial charge in [-0.15, -0.1) is 0 Å². The summed E-state index contributed by atoms with van der Waals surface area (Å²) in [5.41, 5.74) is 7.27. The monoisotopic (exact) mass is 405 g/mol. The predicted octanol–water partition coefficient (Wildman–Crippen LogP) is 6.63. The summed E-state index contributed by atoms with van der Waals surface area (Å²) in [5, 5.41) is 10.5. The molecular formula is C26H31NO3. The summed E-state index contributed by atoms with van der Waals surface area (Å²) < 4.78 is 6.38. The van der Waals surface area contributed by atoms with E-state index in [-0.39, 0.29) is 5.60 Å². The zero-order valence-corrected chi connectivity index (χ0v) is 18.3. The molecule has 0 spiro atoms.